The molecule has 6 heteroatoms. The molecule has 2 rings (SSSR count). The number of likely N-dealkylation sites (N-methyl/N-ethyl adjacent to an activating group) is 1. The van der Waals surface area contributed by atoms with E-state index in [1.165, 1.54) is 4.31 Å². The summed E-state index contributed by atoms with van der Waals surface area (Å²) in [6, 6.07) is 5.05. The second-order valence-electron chi connectivity index (χ2n) is 4.69. The highest BCUT2D eigenvalue weighted by atomic mass is 32.2. The molecule has 19 heavy (non-hydrogen) atoms. The Balaban J connectivity index is 2.27. The van der Waals surface area contributed by atoms with Crippen molar-refractivity contribution in [2.24, 2.45) is 0 Å². The van der Waals surface area contributed by atoms with E-state index in [-0.39, 0.29) is 6.04 Å². The van der Waals surface area contributed by atoms with Crippen LogP contribution in [0, 0.1) is 6.92 Å². The van der Waals surface area contributed by atoms with Gasteiger partial charge in [-0.3, -0.25) is 0 Å². The Kier molecular flexibility index (Phi) is 4.13. The number of aryl methyl sites for hydroxylation is 1. The molecular formula is C13H20N2O3S. The van der Waals surface area contributed by atoms with Gasteiger partial charge in [0.15, 0.2) is 0 Å². The summed E-state index contributed by atoms with van der Waals surface area (Å²) in [4.78, 5) is 0.322. The third-order valence-electron chi connectivity index (χ3n) is 3.40. The Morgan fingerprint density at radius 3 is 2.58 bits per heavy atom. The summed E-state index contributed by atoms with van der Waals surface area (Å²) in [5.74, 6) is 0.731. The van der Waals surface area contributed by atoms with Gasteiger partial charge >= 0.3 is 0 Å². The predicted molar refractivity (Wildman–Crippen MR) is 74.0 cm³/mol. The Morgan fingerprint density at radius 1 is 1.42 bits per heavy atom. The summed E-state index contributed by atoms with van der Waals surface area (Å²) in [6.07, 6.45) is 0. The zero-order valence-corrected chi connectivity index (χ0v) is 12.3. The molecule has 0 aliphatic carbocycles. The lowest BCUT2D eigenvalue weighted by Gasteiger charge is -2.34. The highest BCUT2D eigenvalue weighted by Crippen LogP contribution is 2.24. The molecule has 1 N–H and O–H groups in total. The molecule has 1 aliphatic rings. The second-order valence-corrected chi connectivity index (χ2v) is 6.69. The monoisotopic (exact) mass is 284 g/mol. The minimum absolute atomic E-state index is 0.0527. The maximum absolute atomic E-state index is 12.4. The quantitative estimate of drug-likeness (QED) is 0.876. The number of nitrogens with one attached hydrogen (secondary N) is 1. The van der Waals surface area contributed by atoms with E-state index in [9.17, 15) is 8.42 Å². The fourth-order valence-corrected chi connectivity index (χ4v) is 3.43. The first-order valence-corrected chi connectivity index (χ1v) is 7.83. The molecule has 1 fully saturated rings. The van der Waals surface area contributed by atoms with E-state index in [2.05, 4.69) is 5.32 Å². The summed E-state index contributed by atoms with van der Waals surface area (Å²) < 4.78 is 31.8. The van der Waals surface area contributed by atoms with Crippen molar-refractivity contribution in [2.75, 3.05) is 26.7 Å². The van der Waals surface area contributed by atoms with Gasteiger partial charge in [-0.1, -0.05) is 0 Å². The van der Waals surface area contributed by atoms with Crippen molar-refractivity contribution in [3.05, 3.63) is 23.8 Å². The highest BCUT2D eigenvalue weighted by molar-refractivity contribution is 7.89. The molecule has 0 bridgehead atoms. The van der Waals surface area contributed by atoms with Gasteiger partial charge in [-0.2, -0.15) is 4.31 Å². The number of sulfonamides is 1. The van der Waals surface area contributed by atoms with E-state index in [1.807, 2.05) is 13.8 Å². The molecule has 0 radical (unpaired) electrons. The summed E-state index contributed by atoms with van der Waals surface area (Å²) in [7, 11) is -1.78. The van der Waals surface area contributed by atoms with Crippen LogP contribution in [0.4, 0.5) is 0 Å². The van der Waals surface area contributed by atoms with Crippen molar-refractivity contribution in [1.82, 2.24) is 9.62 Å². The molecule has 1 aromatic carbocycles. The smallest absolute Gasteiger partial charge is 0.243 e. The van der Waals surface area contributed by atoms with Crippen LogP contribution in [-0.2, 0) is 10.0 Å². The molecule has 1 saturated heterocycles. The van der Waals surface area contributed by atoms with Gasteiger partial charge in [0.1, 0.15) is 5.75 Å². The zero-order chi connectivity index (χ0) is 14.0. The summed E-state index contributed by atoms with van der Waals surface area (Å²) in [6.45, 7) is 5.76. The van der Waals surface area contributed by atoms with Crippen LogP contribution in [0.2, 0.25) is 0 Å². The van der Waals surface area contributed by atoms with Gasteiger partial charge in [-0.05, 0) is 37.6 Å². The van der Waals surface area contributed by atoms with Crippen molar-refractivity contribution in [3.63, 3.8) is 0 Å². The van der Waals surface area contributed by atoms with E-state index < -0.39 is 10.0 Å². The lowest BCUT2D eigenvalue weighted by molar-refractivity contribution is 0.274. The maximum atomic E-state index is 12.4. The molecule has 1 aliphatic heterocycles. The molecule has 1 aromatic rings. The number of nitrogens with zero attached hydrogens (tertiary/aromatic N) is 1. The summed E-state index contributed by atoms with van der Waals surface area (Å²) in [5.41, 5.74) is 0.836. The number of hydrogen-bond acceptors (Lipinski definition) is 4. The number of ether oxygens (including phenoxy) is 1. The van der Waals surface area contributed by atoms with Gasteiger partial charge in [-0.15, -0.1) is 0 Å². The standard InChI is InChI=1S/C13H20N2O3S/c1-4-18-13-6-5-12(7-10(13)2)19(16,17)15(3)11-8-14-9-11/h5-7,11,14H,4,8-9H2,1-3H3. The minimum atomic E-state index is -3.42. The van der Waals surface area contributed by atoms with Crippen molar-refractivity contribution in [2.45, 2.75) is 24.8 Å². The lowest BCUT2D eigenvalue weighted by atomic mass is 10.2. The van der Waals surface area contributed by atoms with E-state index in [0.29, 0.717) is 24.6 Å². The largest absolute Gasteiger partial charge is 0.494 e. The van der Waals surface area contributed by atoms with Gasteiger partial charge in [0.05, 0.1) is 11.5 Å². The predicted octanol–water partition coefficient (Wildman–Crippen LogP) is 0.986. The van der Waals surface area contributed by atoms with E-state index in [4.69, 9.17) is 4.74 Å². The first-order chi connectivity index (χ1) is 8.96. The summed E-state index contributed by atoms with van der Waals surface area (Å²) in [5, 5.41) is 3.08. The van der Waals surface area contributed by atoms with Gasteiger partial charge in [0.25, 0.3) is 0 Å². The lowest BCUT2D eigenvalue weighted by Crippen LogP contribution is -2.57. The summed E-state index contributed by atoms with van der Waals surface area (Å²) >= 11 is 0. The molecular weight excluding hydrogens is 264 g/mol. The SMILES string of the molecule is CCOc1ccc(S(=O)(=O)N(C)C2CNC2)cc1C. The molecule has 0 amide bonds. The van der Waals surface area contributed by atoms with Crippen molar-refractivity contribution < 1.29 is 13.2 Å². The Bertz CT molecular complexity index is 553. The van der Waals surface area contributed by atoms with Crippen LogP contribution in [0.3, 0.4) is 0 Å². The van der Waals surface area contributed by atoms with E-state index in [0.717, 1.165) is 11.3 Å². The van der Waals surface area contributed by atoms with Crippen molar-refractivity contribution in [1.29, 1.82) is 0 Å². The first kappa shape index (κ1) is 14.3. The second kappa shape index (κ2) is 5.48. The third-order valence-corrected chi connectivity index (χ3v) is 5.30. The zero-order valence-electron chi connectivity index (χ0n) is 11.5. The van der Waals surface area contributed by atoms with Crippen molar-refractivity contribution in [3.8, 4) is 5.75 Å². The number of rotatable bonds is 5. The molecule has 0 saturated carbocycles. The molecule has 0 aromatic heterocycles. The Hall–Kier alpha value is -1.11. The van der Waals surface area contributed by atoms with E-state index in [1.54, 1.807) is 25.2 Å². The van der Waals surface area contributed by atoms with E-state index >= 15 is 0 Å². The maximum Gasteiger partial charge on any atom is 0.243 e. The minimum Gasteiger partial charge on any atom is -0.494 e. The fraction of sp³-hybridized carbons (Fsp3) is 0.538. The van der Waals surface area contributed by atoms with Crippen LogP contribution < -0.4 is 10.1 Å². The molecule has 0 atom stereocenters. The number of benzene rings is 1. The van der Waals surface area contributed by atoms with Crippen LogP contribution in [0.1, 0.15) is 12.5 Å². The van der Waals surface area contributed by atoms with Crippen LogP contribution in [0.25, 0.3) is 0 Å². The third kappa shape index (κ3) is 2.75. The first-order valence-electron chi connectivity index (χ1n) is 6.39. The molecule has 0 unspecified atom stereocenters. The van der Waals surface area contributed by atoms with Gasteiger partial charge < -0.3 is 10.1 Å². The van der Waals surface area contributed by atoms with Crippen LogP contribution in [-0.4, -0.2) is 45.5 Å². The van der Waals surface area contributed by atoms with Crippen molar-refractivity contribution >= 4 is 10.0 Å². The van der Waals surface area contributed by atoms with Gasteiger partial charge in [0, 0.05) is 26.2 Å². The van der Waals surface area contributed by atoms with Gasteiger partial charge in [0.2, 0.25) is 10.0 Å². The van der Waals surface area contributed by atoms with Crippen LogP contribution in [0.5, 0.6) is 5.75 Å². The van der Waals surface area contributed by atoms with Gasteiger partial charge in [-0.25, -0.2) is 8.42 Å². The fourth-order valence-electron chi connectivity index (χ4n) is 1.99. The average molecular weight is 284 g/mol. The topological polar surface area (TPSA) is 58.6 Å². The van der Waals surface area contributed by atoms with Crippen LogP contribution >= 0.6 is 0 Å². The normalized spacial score (nSPS) is 16.4. The molecule has 0 spiro atoms. The molecule has 106 valence electrons. The average Bonchev–Trinajstić information content (AvgIpc) is 2.29. The van der Waals surface area contributed by atoms with Crippen LogP contribution in [0.15, 0.2) is 23.1 Å². The molecule has 1 heterocycles. The highest BCUT2D eigenvalue weighted by Gasteiger charge is 2.31. The number of hydrogen-bond donors (Lipinski definition) is 1. The Labute approximate surface area is 114 Å². The Morgan fingerprint density at radius 2 is 2.11 bits per heavy atom. The molecule has 5 nitrogen and oxygen atoms in total.